The van der Waals surface area contributed by atoms with Crippen molar-refractivity contribution in [1.82, 2.24) is 14.9 Å². The first kappa shape index (κ1) is 27.5. The van der Waals surface area contributed by atoms with Crippen LogP contribution in [0.3, 0.4) is 0 Å². The highest BCUT2D eigenvalue weighted by Crippen LogP contribution is 2.49. The van der Waals surface area contributed by atoms with Crippen molar-refractivity contribution >= 4 is 38.0 Å². The molecule has 210 valence electrons. The molecule has 0 radical (unpaired) electrons. The highest BCUT2D eigenvalue weighted by atomic mass is 32.2. The highest BCUT2D eigenvalue weighted by molar-refractivity contribution is 7.89. The normalized spacial score (nSPS) is 15.2. The van der Waals surface area contributed by atoms with Crippen LogP contribution in [0.5, 0.6) is 0 Å². The number of halogens is 2. The van der Waals surface area contributed by atoms with Crippen molar-refractivity contribution < 1.29 is 27.1 Å². The molecule has 4 aromatic rings. The van der Waals surface area contributed by atoms with E-state index >= 15 is 4.39 Å². The Kier molecular flexibility index (Phi) is 6.58. The summed E-state index contributed by atoms with van der Waals surface area (Å²) < 4.78 is 55.0. The first-order valence-electron chi connectivity index (χ1n) is 12.4. The smallest absolute Gasteiger partial charge is 0.274 e. The summed E-state index contributed by atoms with van der Waals surface area (Å²) in [7, 11) is -1.85. The molecule has 1 unspecified atom stereocenters. The number of aromatic amines is 1. The van der Waals surface area contributed by atoms with Gasteiger partial charge in [0.15, 0.2) is 9.84 Å². The van der Waals surface area contributed by atoms with Gasteiger partial charge in [0.05, 0.1) is 22.7 Å². The van der Waals surface area contributed by atoms with Crippen LogP contribution in [0.1, 0.15) is 31.0 Å². The highest BCUT2D eigenvalue weighted by Gasteiger charge is 2.38. The maximum atomic E-state index is 15.5. The SMILES string of the molecule is Cn1cc2c3c(c[nH]c3c1=O)C(C(=O)NCC(C)(C)O)N(c1ccc(F)cc1F)c1ccc(CS(C)(=O)=O)cc1-2. The third-order valence-corrected chi connectivity index (χ3v) is 7.60. The van der Waals surface area contributed by atoms with Crippen LogP contribution < -0.4 is 15.8 Å². The van der Waals surface area contributed by atoms with Gasteiger partial charge in [0, 0.05) is 60.4 Å². The van der Waals surface area contributed by atoms with Crippen LogP contribution in [0.2, 0.25) is 0 Å². The Morgan fingerprint density at radius 1 is 1.12 bits per heavy atom. The average Bonchev–Trinajstić information content (AvgIpc) is 3.23. The molecule has 0 fully saturated rings. The molecule has 1 aliphatic rings. The van der Waals surface area contributed by atoms with Gasteiger partial charge in [-0.1, -0.05) is 6.07 Å². The second kappa shape index (κ2) is 9.56. The van der Waals surface area contributed by atoms with Crippen molar-refractivity contribution in [3.05, 3.63) is 81.9 Å². The summed E-state index contributed by atoms with van der Waals surface area (Å²) in [5.41, 5.74) is 0.565. The molecule has 0 saturated carbocycles. The summed E-state index contributed by atoms with van der Waals surface area (Å²) in [5.74, 6) is -2.61. The van der Waals surface area contributed by atoms with Crippen LogP contribution >= 0.6 is 0 Å². The van der Waals surface area contributed by atoms with E-state index in [1.54, 1.807) is 31.4 Å². The van der Waals surface area contributed by atoms with E-state index in [0.717, 1.165) is 12.3 Å². The van der Waals surface area contributed by atoms with Crippen LogP contribution in [0, 0.1) is 11.6 Å². The van der Waals surface area contributed by atoms with Crippen molar-refractivity contribution in [2.45, 2.75) is 31.2 Å². The third-order valence-electron chi connectivity index (χ3n) is 6.74. The van der Waals surface area contributed by atoms with E-state index in [9.17, 15) is 27.5 Å². The molecule has 12 heteroatoms. The number of aryl methyl sites for hydroxylation is 1. The number of carbonyl (C=O) groups is 1. The molecule has 3 heterocycles. The minimum absolute atomic E-state index is 0.115. The summed E-state index contributed by atoms with van der Waals surface area (Å²) in [6.45, 7) is 2.91. The molecule has 2 aromatic heterocycles. The Morgan fingerprint density at radius 3 is 2.48 bits per heavy atom. The van der Waals surface area contributed by atoms with E-state index in [4.69, 9.17) is 0 Å². The number of fused-ring (bicyclic) bond motifs is 2. The lowest BCUT2D eigenvalue weighted by molar-refractivity contribution is -0.123. The van der Waals surface area contributed by atoms with Crippen molar-refractivity contribution in [2.75, 3.05) is 17.7 Å². The number of amides is 1. The molecule has 3 N–H and O–H groups in total. The Labute approximate surface area is 229 Å². The number of pyridine rings is 1. The monoisotopic (exact) mass is 570 g/mol. The predicted octanol–water partition coefficient (Wildman–Crippen LogP) is 3.44. The molecule has 9 nitrogen and oxygen atoms in total. The molecule has 0 aliphatic carbocycles. The summed E-state index contributed by atoms with van der Waals surface area (Å²) in [4.78, 5) is 31.3. The topological polar surface area (TPSA) is 124 Å². The number of sulfone groups is 1. The average molecular weight is 571 g/mol. The molecule has 1 amide bonds. The van der Waals surface area contributed by atoms with Crippen LogP contribution in [-0.4, -0.2) is 47.4 Å². The number of rotatable bonds is 6. The minimum Gasteiger partial charge on any atom is -0.389 e. The molecule has 1 atom stereocenters. The van der Waals surface area contributed by atoms with Crippen molar-refractivity contribution in [1.29, 1.82) is 0 Å². The molecule has 0 spiro atoms. The lowest BCUT2D eigenvalue weighted by Crippen LogP contribution is -2.44. The standard InChI is InChI=1S/C28H28F2N4O5S/c1-28(2,37)14-32-26(35)25-18-11-31-24-23(18)19(12-33(3)27(24)36)17-9-15(13-40(4,38)39)5-7-21(17)34(25)22-8-6-16(29)10-20(22)30/h5-12,25,31,37H,13-14H2,1-4H3,(H,32,35). The zero-order valence-corrected chi connectivity index (χ0v) is 23.1. The van der Waals surface area contributed by atoms with E-state index in [0.29, 0.717) is 39.4 Å². The molecule has 2 aromatic carbocycles. The van der Waals surface area contributed by atoms with Crippen molar-refractivity contribution in [3.8, 4) is 11.1 Å². The molecular weight excluding hydrogens is 542 g/mol. The zero-order valence-electron chi connectivity index (χ0n) is 22.2. The maximum Gasteiger partial charge on any atom is 0.274 e. The summed E-state index contributed by atoms with van der Waals surface area (Å²) in [6.07, 6.45) is 4.19. The predicted molar refractivity (Wildman–Crippen MR) is 148 cm³/mol. The van der Waals surface area contributed by atoms with Crippen LogP contribution in [0.15, 0.2) is 53.6 Å². The maximum absolute atomic E-state index is 15.5. The first-order chi connectivity index (χ1) is 18.6. The van der Waals surface area contributed by atoms with E-state index in [1.807, 2.05) is 0 Å². The number of aliphatic hydroxyl groups is 1. The van der Waals surface area contributed by atoms with E-state index in [2.05, 4.69) is 10.3 Å². The number of aromatic nitrogens is 2. The number of nitrogens with one attached hydrogen (secondary N) is 2. The molecule has 1 aliphatic heterocycles. The van der Waals surface area contributed by atoms with Gasteiger partial charge >= 0.3 is 0 Å². The van der Waals surface area contributed by atoms with Gasteiger partial charge in [-0.3, -0.25) is 9.59 Å². The van der Waals surface area contributed by atoms with Gasteiger partial charge in [-0.15, -0.1) is 0 Å². The van der Waals surface area contributed by atoms with Gasteiger partial charge in [-0.05, 0) is 43.7 Å². The van der Waals surface area contributed by atoms with E-state index in [-0.39, 0.29) is 29.1 Å². The van der Waals surface area contributed by atoms with Gasteiger partial charge in [0.1, 0.15) is 23.2 Å². The van der Waals surface area contributed by atoms with Gasteiger partial charge in [0.25, 0.3) is 5.56 Å². The fourth-order valence-corrected chi connectivity index (χ4v) is 5.88. The summed E-state index contributed by atoms with van der Waals surface area (Å²) in [5, 5.41) is 13.4. The zero-order chi connectivity index (χ0) is 29.1. The second-order valence-electron chi connectivity index (χ2n) is 10.8. The summed E-state index contributed by atoms with van der Waals surface area (Å²) in [6, 6.07) is 6.53. The van der Waals surface area contributed by atoms with Gasteiger partial charge in [-0.2, -0.15) is 0 Å². The van der Waals surface area contributed by atoms with E-state index < -0.39 is 39.0 Å². The lowest BCUT2D eigenvalue weighted by Gasteiger charge is -2.33. The van der Waals surface area contributed by atoms with Crippen molar-refractivity contribution in [2.24, 2.45) is 7.05 Å². The first-order valence-corrected chi connectivity index (χ1v) is 14.5. The van der Waals surface area contributed by atoms with Gasteiger partial charge < -0.3 is 24.9 Å². The molecular formula is C28H28F2N4O5S. The number of carbonyl (C=O) groups excluding carboxylic acids is 1. The Balaban J connectivity index is 1.88. The number of H-pyrrole nitrogens is 1. The molecule has 0 bridgehead atoms. The number of hydrogen-bond acceptors (Lipinski definition) is 6. The largest absolute Gasteiger partial charge is 0.389 e. The van der Waals surface area contributed by atoms with Crippen molar-refractivity contribution in [3.63, 3.8) is 0 Å². The molecule has 40 heavy (non-hydrogen) atoms. The Bertz CT molecular complexity index is 1840. The number of hydrogen-bond donors (Lipinski definition) is 3. The number of benzene rings is 2. The Morgan fingerprint density at radius 2 is 1.82 bits per heavy atom. The minimum atomic E-state index is -3.42. The van der Waals surface area contributed by atoms with Crippen LogP contribution in [0.25, 0.3) is 22.0 Å². The fourth-order valence-electron chi connectivity index (χ4n) is 5.09. The van der Waals surface area contributed by atoms with Gasteiger partial charge in [0.2, 0.25) is 5.91 Å². The fraction of sp³-hybridized carbons (Fsp3) is 0.286. The second-order valence-corrected chi connectivity index (χ2v) is 12.9. The molecule has 5 rings (SSSR count). The van der Waals surface area contributed by atoms with Crippen LogP contribution in [-0.2, 0) is 27.4 Å². The molecule has 0 saturated heterocycles. The van der Waals surface area contributed by atoms with E-state index in [1.165, 1.54) is 35.6 Å². The summed E-state index contributed by atoms with van der Waals surface area (Å²) >= 11 is 0. The number of anilines is 2. The van der Waals surface area contributed by atoms with Crippen LogP contribution in [0.4, 0.5) is 20.2 Å². The third kappa shape index (κ3) is 5.00. The Hall–Kier alpha value is -4.03. The quantitative estimate of drug-likeness (QED) is 0.326. The van der Waals surface area contributed by atoms with Gasteiger partial charge in [-0.25, -0.2) is 17.2 Å². The lowest BCUT2D eigenvalue weighted by atomic mass is 9.98. The number of nitrogens with zero attached hydrogens (tertiary/aromatic N) is 2.